The van der Waals surface area contributed by atoms with Crippen LogP contribution in [0.4, 0.5) is 5.69 Å². The van der Waals surface area contributed by atoms with Crippen molar-refractivity contribution in [3.05, 3.63) is 23.8 Å². The van der Waals surface area contributed by atoms with Crippen molar-refractivity contribution in [3.8, 4) is 5.75 Å². The van der Waals surface area contributed by atoms with Gasteiger partial charge in [0.05, 0.1) is 11.8 Å². The number of aliphatic hydroxyl groups excluding tert-OH is 1. The van der Waals surface area contributed by atoms with Crippen molar-refractivity contribution in [2.45, 2.75) is 20.0 Å². The van der Waals surface area contributed by atoms with Gasteiger partial charge in [-0.05, 0) is 30.8 Å². The summed E-state index contributed by atoms with van der Waals surface area (Å²) in [6.45, 7) is 6.57. The number of hydrogen-bond acceptors (Lipinski definition) is 4. The highest BCUT2D eigenvalue weighted by molar-refractivity contribution is 5.95. The summed E-state index contributed by atoms with van der Waals surface area (Å²) in [5, 5.41) is 13.0. The Kier molecular flexibility index (Phi) is 4.39. The van der Waals surface area contributed by atoms with Gasteiger partial charge in [0.1, 0.15) is 5.75 Å². The van der Waals surface area contributed by atoms with E-state index in [4.69, 9.17) is 4.74 Å². The fraction of sp³-hybridized carbons (Fsp3) is 0.500. The van der Waals surface area contributed by atoms with E-state index in [-0.39, 0.29) is 12.5 Å². The van der Waals surface area contributed by atoms with Crippen molar-refractivity contribution in [1.82, 2.24) is 4.90 Å². The minimum absolute atomic E-state index is 0.0499. The van der Waals surface area contributed by atoms with Gasteiger partial charge < -0.3 is 20.1 Å². The third-order valence-electron chi connectivity index (χ3n) is 3.35. The topological polar surface area (TPSA) is 61.8 Å². The van der Waals surface area contributed by atoms with Crippen molar-refractivity contribution in [1.29, 1.82) is 0 Å². The Bertz CT molecular complexity index is 458. The van der Waals surface area contributed by atoms with Crippen LogP contribution in [-0.2, 0) is 4.79 Å². The molecule has 2 rings (SSSR count). The van der Waals surface area contributed by atoms with Crippen LogP contribution in [0.3, 0.4) is 0 Å². The fourth-order valence-corrected chi connectivity index (χ4v) is 2.14. The van der Waals surface area contributed by atoms with Crippen molar-refractivity contribution in [2.75, 3.05) is 31.6 Å². The Labute approximate surface area is 113 Å². The van der Waals surface area contributed by atoms with Crippen LogP contribution >= 0.6 is 0 Å². The number of rotatable bonds is 5. The minimum atomic E-state index is -0.566. The first-order chi connectivity index (χ1) is 9.13. The number of likely N-dealkylation sites (N-methyl/N-ethyl adjacent to an activating group) is 1. The molecular weight excluding hydrogens is 244 g/mol. The van der Waals surface area contributed by atoms with Crippen LogP contribution in [-0.4, -0.2) is 42.2 Å². The van der Waals surface area contributed by atoms with Gasteiger partial charge in [0.25, 0.3) is 5.91 Å². The predicted molar refractivity (Wildman–Crippen MR) is 73.3 cm³/mol. The number of fused-ring (bicyclic) bond motifs is 1. The molecule has 1 aliphatic heterocycles. The molecule has 1 atom stereocenters. The maximum Gasteiger partial charge on any atom is 0.262 e. The van der Waals surface area contributed by atoms with E-state index in [2.05, 4.69) is 24.1 Å². The Morgan fingerprint density at radius 2 is 2.16 bits per heavy atom. The predicted octanol–water partition coefficient (Wildman–Crippen LogP) is 1.39. The summed E-state index contributed by atoms with van der Waals surface area (Å²) in [6, 6.07) is 5.40. The summed E-state index contributed by atoms with van der Waals surface area (Å²) in [5.41, 5.74) is 1.42. The highest BCUT2D eigenvalue weighted by Gasteiger charge is 2.18. The van der Waals surface area contributed by atoms with E-state index in [1.54, 1.807) is 12.1 Å². The monoisotopic (exact) mass is 264 g/mol. The Balaban J connectivity index is 2.12. The van der Waals surface area contributed by atoms with Crippen LogP contribution in [0.25, 0.3) is 0 Å². The second kappa shape index (κ2) is 6.04. The van der Waals surface area contributed by atoms with Gasteiger partial charge in [-0.2, -0.15) is 0 Å². The minimum Gasteiger partial charge on any atom is -0.482 e. The fourth-order valence-electron chi connectivity index (χ4n) is 2.14. The van der Waals surface area contributed by atoms with Crippen molar-refractivity contribution < 1.29 is 14.6 Å². The second-order valence-corrected chi connectivity index (χ2v) is 4.59. The zero-order valence-electron chi connectivity index (χ0n) is 11.3. The molecule has 0 saturated heterocycles. The second-order valence-electron chi connectivity index (χ2n) is 4.59. The maximum atomic E-state index is 11.3. The Hall–Kier alpha value is -1.59. The molecule has 104 valence electrons. The van der Waals surface area contributed by atoms with E-state index >= 15 is 0 Å². The molecule has 1 aromatic rings. The van der Waals surface area contributed by atoms with E-state index in [1.807, 2.05) is 6.07 Å². The number of amides is 1. The lowest BCUT2D eigenvalue weighted by Crippen LogP contribution is -2.28. The standard InChI is InChI=1S/C14H20N2O3/c1-3-16(4-2)8-12(17)10-5-6-13-11(7-10)15-14(18)9-19-13/h5-7,12,17H,3-4,8-9H2,1-2H3,(H,15,18). The number of carbonyl (C=O) groups excluding carboxylic acids is 1. The highest BCUT2D eigenvalue weighted by atomic mass is 16.5. The zero-order chi connectivity index (χ0) is 13.8. The number of hydrogen-bond donors (Lipinski definition) is 2. The molecule has 2 N–H and O–H groups in total. The third kappa shape index (κ3) is 3.24. The normalized spacial score (nSPS) is 15.7. The molecule has 0 saturated carbocycles. The molecule has 1 unspecified atom stereocenters. The van der Waals surface area contributed by atoms with Gasteiger partial charge in [0.2, 0.25) is 0 Å². The Morgan fingerprint density at radius 1 is 1.42 bits per heavy atom. The largest absolute Gasteiger partial charge is 0.482 e. The molecule has 1 aliphatic rings. The van der Waals surface area contributed by atoms with Crippen LogP contribution in [0.1, 0.15) is 25.5 Å². The van der Waals surface area contributed by atoms with Gasteiger partial charge in [-0.25, -0.2) is 0 Å². The summed E-state index contributed by atoms with van der Waals surface area (Å²) in [5.74, 6) is 0.487. The number of nitrogens with zero attached hydrogens (tertiary/aromatic N) is 1. The zero-order valence-corrected chi connectivity index (χ0v) is 11.3. The first kappa shape index (κ1) is 13.8. The average molecular weight is 264 g/mol. The third-order valence-corrected chi connectivity index (χ3v) is 3.35. The van der Waals surface area contributed by atoms with E-state index in [0.717, 1.165) is 18.7 Å². The number of aliphatic hydroxyl groups is 1. The molecule has 0 aliphatic carbocycles. The first-order valence-electron chi connectivity index (χ1n) is 6.61. The molecule has 1 aromatic carbocycles. The number of anilines is 1. The van der Waals surface area contributed by atoms with E-state index < -0.39 is 6.10 Å². The van der Waals surface area contributed by atoms with Crippen molar-refractivity contribution in [2.24, 2.45) is 0 Å². The summed E-state index contributed by atoms with van der Waals surface area (Å²) >= 11 is 0. The number of benzene rings is 1. The van der Waals surface area contributed by atoms with Gasteiger partial charge in [0.15, 0.2) is 6.61 Å². The van der Waals surface area contributed by atoms with E-state index in [1.165, 1.54) is 0 Å². The summed E-state index contributed by atoms with van der Waals surface area (Å²) < 4.78 is 5.29. The molecular formula is C14H20N2O3. The quantitative estimate of drug-likeness (QED) is 0.843. The molecule has 5 nitrogen and oxygen atoms in total. The lowest BCUT2D eigenvalue weighted by Gasteiger charge is -2.24. The van der Waals surface area contributed by atoms with Crippen LogP contribution in [0.15, 0.2) is 18.2 Å². The summed E-state index contributed by atoms with van der Waals surface area (Å²) in [4.78, 5) is 13.4. The molecule has 0 aromatic heterocycles. The maximum absolute atomic E-state index is 11.3. The van der Waals surface area contributed by atoms with Gasteiger partial charge in [-0.3, -0.25) is 4.79 Å². The van der Waals surface area contributed by atoms with Gasteiger partial charge >= 0.3 is 0 Å². The number of ether oxygens (including phenoxy) is 1. The van der Waals surface area contributed by atoms with Crippen LogP contribution in [0.5, 0.6) is 5.75 Å². The van der Waals surface area contributed by atoms with Gasteiger partial charge in [0, 0.05) is 6.54 Å². The highest BCUT2D eigenvalue weighted by Crippen LogP contribution is 2.30. The molecule has 19 heavy (non-hydrogen) atoms. The average Bonchev–Trinajstić information content (AvgIpc) is 2.43. The molecule has 0 radical (unpaired) electrons. The number of nitrogens with one attached hydrogen (secondary N) is 1. The molecule has 0 spiro atoms. The van der Waals surface area contributed by atoms with Gasteiger partial charge in [-0.15, -0.1) is 0 Å². The van der Waals surface area contributed by atoms with Crippen LogP contribution in [0, 0.1) is 0 Å². The van der Waals surface area contributed by atoms with Gasteiger partial charge in [-0.1, -0.05) is 19.9 Å². The lowest BCUT2D eigenvalue weighted by molar-refractivity contribution is -0.118. The molecule has 1 amide bonds. The first-order valence-corrected chi connectivity index (χ1v) is 6.61. The van der Waals surface area contributed by atoms with E-state index in [9.17, 15) is 9.90 Å². The van der Waals surface area contributed by atoms with E-state index in [0.29, 0.717) is 18.0 Å². The van der Waals surface area contributed by atoms with Crippen LogP contribution in [0.2, 0.25) is 0 Å². The molecule has 5 heteroatoms. The van der Waals surface area contributed by atoms with Crippen molar-refractivity contribution >= 4 is 11.6 Å². The molecule has 0 fully saturated rings. The number of carbonyl (C=O) groups is 1. The Morgan fingerprint density at radius 3 is 2.84 bits per heavy atom. The molecule has 0 bridgehead atoms. The van der Waals surface area contributed by atoms with Crippen LogP contribution < -0.4 is 10.1 Å². The summed E-state index contributed by atoms with van der Waals surface area (Å²) in [6.07, 6.45) is -0.566. The molecule has 1 heterocycles. The van der Waals surface area contributed by atoms with Crippen molar-refractivity contribution in [3.63, 3.8) is 0 Å². The smallest absolute Gasteiger partial charge is 0.262 e. The SMILES string of the molecule is CCN(CC)CC(O)c1ccc2c(c1)NC(=O)CO2. The summed E-state index contributed by atoms with van der Waals surface area (Å²) in [7, 11) is 0. The lowest BCUT2D eigenvalue weighted by atomic mass is 10.1.